The summed E-state index contributed by atoms with van der Waals surface area (Å²) in [7, 11) is 1.82. The SMILES string of the molecule is CNc1nccc(NCC2(SC)CC2)n1. The molecule has 1 saturated carbocycles. The van der Waals surface area contributed by atoms with E-state index in [1.165, 1.54) is 12.8 Å². The van der Waals surface area contributed by atoms with Crippen LogP contribution in [0.15, 0.2) is 12.3 Å². The number of anilines is 2. The molecule has 0 spiro atoms. The highest BCUT2D eigenvalue weighted by Crippen LogP contribution is 2.46. The lowest BCUT2D eigenvalue weighted by Crippen LogP contribution is -2.18. The quantitative estimate of drug-likeness (QED) is 0.799. The van der Waals surface area contributed by atoms with Crippen molar-refractivity contribution in [3.05, 3.63) is 12.3 Å². The third-order valence-corrected chi connectivity index (χ3v) is 4.13. The molecule has 0 aromatic carbocycles. The van der Waals surface area contributed by atoms with Crippen molar-refractivity contribution in [2.45, 2.75) is 17.6 Å². The van der Waals surface area contributed by atoms with E-state index in [4.69, 9.17) is 0 Å². The molecule has 1 heterocycles. The minimum Gasteiger partial charge on any atom is -0.369 e. The highest BCUT2D eigenvalue weighted by Gasteiger charge is 2.41. The molecule has 1 aromatic heterocycles. The van der Waals surface area contributed by atoms with E-state index in [1.54, 1.807) is 6.20 Å². The third-order valence-electron chi connectivity index (χ3n) is 2.71. The van der Waals surface area contributed by atoms with Crippen LogP contribution in [0.5, 0.6) is 0 Å². The molecule has 1 aliphatic carbocycles. The molecule has 2 N–H and O–H groups in total. The van der Waals surface area contributed by atoms with E-state index in [2.05, 4.69) is 26.9 Å². The molecule has 82 valence electrons. The number of rotatable bonds is 5. The van der Waals surface area contributed by atoms with Crippen LogP contribution in [0.25, 0.3) is 0 Å². The van der Waals surface area contributed by atoms with E-state index >= 15 is 0 Å². The molecule has 0 aliphatic heterocycles. The molecule has 5 heteroatoms. The van der Waals surface area contributed by atoms with Crippen molar-refractivity contribution in [2.75, 3.05) is 30.5 Å². The Morgan fingerprint density at radius 1 is 1.53 bits per heavy atom. The van der Waals surface area contributed by atoms with Crippen molar-refractivity contribution < 1.29 is 0 Å². The summed E-state index contributed by atoms with van der Waals surface area (Å²) in [5, 5.41) is 6.29. The van der Waals surface area contributed by atoms with Gasteiger partial charge in [0.25, 0.3) is 0 Å². The van der Waals surface area contributed by atoms with E-state index < -0.39 is 0 Å². The van der Waals surface area contributed by atoms with Gasteiger partial charge in [0.05, 0.1) is 0 Å². The Balaban J connectivity index is 1.93. The lowest BCUT2D eigenvalue weighted by Gasteiger charge is -2.13. The largest absolute Gasteiger partial charge is 0.369 e. The first-order chi connectivity index (χ1) is 7.28. The molecular formula is C10H16N4S. The van der Waals surface area contributed by atoms with Gasteiger partial charge >= 0.3 is 0 Å². The Morgan fingerprint density at radius 3 is 2.93 bits per heavy atom. The Hall–Kier alpha value is -0.970. The van der Waals surface area contributed by atoms with Crippen LogP contribution >= 0.6 is 11.8 Å². The van der Waals surface area contributed by atoms with E-state index in [1.807, 2.05) is 24.9 Å². The number of aromatic nitrogens is 2. The van der Waals surface area contributed by atoms with Gasteiger partial charge in [-0.25, -0.2) is 4.98 Å². The maximum atomic E-state index is 4.31. The van der Waals surface area contributed by atoms with Crippen LogP contribution in [0.2, 0.25) is 0 Å². The second-order valence-electron chi connectivity index (χ2n) is 3.76. The molecule has 1 aliphatic rings. The summed E-state index contributed by atoms with van der Waals surface area (Å²) < 4.78 is 0.463. The number of hydrogen-bond donors (Lipinski definition) is 2. The van der Waals surface area contributed by atoms with E-state index in [0.717, 1.165) is 12.4 Å². The van der Waals surface area contributed by atoms with Crippen molar-refractivity contribution >= 4 is 23.5 Å². The molecule has 0 unspecified atom stereocenters. The van der Waals surface area contributed by atoms with E-state index in [0.29, 0.717) is 10.7 Å². The number of hydrogen-bond acceptors (Lipinski definition) is 5. The van der Waals surface area contributed by atoms with Crippen LogP contribution in [-0.2, 0) is 0 Å². The molecule has 0 bridgehead atoms. The Labute approximate surface area is 94.3 Å². The summed E-state index contributed by atoms with van der Waals surface area (Å²) in [6.45, 7) is 0.994. The lowest BCUT2D eigenvalue weighted by molar-refractivity contribution is 0.937. The summed E-state index contributed by atoms with van der Waals surface area (Å²) >= 11 is 1.95. The average molecular weight is 224 g/mol. The monoisotopic (exact) mass is 224 g/mol. The second-order valence-corrected chi connectivity index (χ2v) is 5.03. The van der Waals surface area contributed by atoms with Crippen LogP contribution in [0, 0.1) is 0 Å². The molecule has 1 fully saturated rings. The van der Waals surface area contributed by atoms with Gasteiger partial charge in [0.15, 0.2) is 0 Å². The number of nitrogens with zero attached hydrogens (tertiary/aromatic N) is 2. The average Bonchev–Trinajstić information content (AvgIpc) is 3.07. The van der Waals surface area contributed by atoms with Crippen LogP contribution in [0.4, 0.5) is 11.8 Å². The van der Waals surface area contributed by atoms with Gasteiger partial charge in [-0.2, -0.15) is 16.7 Å². The molecule has 1 aromatic rings. The fourth-order valence-electron chi connectivity index (χ4n) is 1.42. The normalized spacial score (nSPS) is 17.2. The smallest absolute Gasteiger partial charge is 0.224 e. The zero-order chi connectivity index (χ0) is 10.7. The minimum absolute atomic E-state index is 0.463. The van der Waals surface area contributed by atoms with Gasteiger partial charge in [-0.15, -0.1) is 0 Å². The van der Waals surface area contributed by atoms with Gasteiger partial charge in [-0.05, 0) is 25.2 Å². The summed E-state index contributed by atoms with van der Waals surface area (Å²) in [5.74, 6) is 1.56. The van der Waals surface area contributed by atoms with E-state index in [-0.39, 0.29) is 0 Å². The molecule has 0 saturated heterocycles. The van der Waals surface area contributed by atoms with Crippen molar-refractivity contribution in [3.8, 4) is 0 Å². The fourth-order valence-corrected chi connectivity index (χ4v) is 2.15. The Bertz CT molecular complexity index is 338. The van der Waals surface area contributed by atoms with Crippen LogP contribution < -0.4 is 10.6 Å². The zero-order valence-electron chi connectivity index (χ0n) is 9.08. The van der Waals surface area contributed by atoms with Crippen LogP contribution in [0.3, 0.4) is 0 Å². The zero-order valence-corrected chi connectivity index (χ0v) is 9.90. The van der Waals surface area contributed by atoms with Gasteiger partial charge in [0, 0.05) is 24.5 Å². The highest BCUT2D eigenvalue weighted by molar-refractivity contribution is 8.00. The summed E-state index contributed by atoms with van der Waals surface area (Å²) in [6, 6.07) is 1.90. The standard InChI is InChI=1S/C10H16N4S/c1-11-9-12-6-3-8(14-9)13-7-10(15-2)4-5-10/h3,6H,4-5,7H2,1-2H3,(H2,11,12,13,14). The predicted molar refractivity (Wildman–Crippen MR) is 65.5 cm³/mol. The van der Waals surface area contributed by atoms with E-state index in [9.17, 15) is 0 Å². The minimum atomic E-state index is 0.463. The molecule has 2 rings (SSSR count). The third kappa shape index (κ3) is 2.53. The maximum Gasteiger partial charge on any atom is 0.224 e. The molecule has 4 nitrogen and oxygen atoms in total. The van der Waals surface area contributed by atoms with Crippen molar-refractivity contribution in [1.29, 1.82) is 0 Å². The van der Waals surface area contributed by atoms with Crippen LogP contribution in [0.1, 0.15) is 12.8 Å². The van der Waals surface area contributed by atoms with Gasteiger partial charge in [0.2, 0.25) is 5.95 Å². The second kappa shape index (κ2) is 4.26. The summed E-state index contributed by atoms with van der Waals surface area (Å²) in [5.41, 5.74) is 0. The maximum absolute atomic E-state index is 4.31. The van der Waals surface area contributed by atoms with Gasteiger partial charge < -0.3 is 10.6 Å². The molecule has 0 amide bonds. The first kappa shape index (κ1) is 10.5. The lowest BCUT2D eigenvalue weighted by atomic mass is 10.4. The topological polar surface area (TPSA) is 49.8 Å². The van der Waals surface area contributed by atoms with Gasteiger partial charge in [-0.1, -0.05) is 0 Å². The van der Waals surface area contributed by atoms with Gasteiger partial charge in [-0.3, -0.25) is 0 Å². The highest BCUT2D eigenvalue weighted by atomic mass is 32.2. The number of nitrogens with one attached hydrogen (secondary N) is 2. The van der Waals surface area contributed by atoms with Crippen LogP contribution in [-0.4, -0.2) is 34.6 Å². The first-order valence-electron chi connectivity index (χ1n) is 5.08. The molecule has 0 radical (unpaired) electrons. The summed E-state index contributed by atoms with van der Waals surface area (Å²) in [6.07, 6.45) is 6.56. The molecule has 0 atom stereocenters. The van der Waals surface area contributed by atoms with Crippen molar-refractivity contribution in [1.82, 2.24) is 9.97 Å². The number of thioether (sulfide) groups is 1. The molecule has 15 heavy (non-hydrogen) atoms. The fraction of sp³-hybridized carbons (Fsp3) is 0.600. The predicted octanol–water partition coefficient (Wildman–Crippen LogP) is 1.83. The van der Waals surface area contributed by atoms with Gasteiger partial charge in [0.1, 0.15) is 5.82 Å². The Morgan fingerprint density at radius 2 is 2.33 bits per heavy atom. The first-order valence-corrected chi connectivity index (χ1v) is 6.30. The molecular weight excluding hydrogens is 208 g/mol. The summed E-state index contributed by atoms with van der Waals surface area (Å²) in [4.78, 5) is 8.38. The van der Waals surface area contributed by atoms with Crippen molar-refractivity contribution in [3.63, 3.8) is 0 Å². The van der Waals surface area contributed by atoms with Crippen molar-refractivity contribution in [2.24, 2.45) is 0 Å². The Kier molecular flexibility index (Phi) is 3.00.